The van der Waals surface area contributed by atoms with Crippen molar-refractivity contribution in [1.82, 2.24) is 4.72 Å². The number of halogens is 2. The van der Waals surface area contributed by atoms with E-state index in [4.69, 9.17) is 5.73 Å². The van der Waals surface area contributed by atoms with Gasteiger partial charge in [0.25, 0.3) is 6.43 Å². The van der Waals surface area contributed by atoms with Gasteiger partial charge in [0.2, 0.25) is 10.0 Å². The van der Waals surface area contributed by atoms with Gasteiger partial charge in [0, 0.05) is 7.05 Å². The summed E-state index contributed by atoms with van der Waals surface area (Å²) in [5.41, 5.74) is 6.15. The molecule has 0 bridgehead atoms. The zero-order valence-corrected chi connectivity index (χ0v) is 10.8. The molecule has 1 aromatic carbocycles. The van der Waals surface area contributed by atoms with E-state index < -0.39 is 23.0 Å². The molecule has 0 aromatic heterocycles. The second-order valence-corrected chi connectivity index (χ2v) is 5.59. The molecule has 1 rings (SSSR count). The Bertz CT molecular complexity index is 520. The maximum Gasteiger partial charge on any atom is 0.255 e. The Kier molecular flexibility index (Phi) is 4.47. The van der Waals surface area contributed by atoms with Gasteiger partial charge in [-0.2, -0.15) is 0 Å². The number of sulfonamides is 1. The normalized spacial score (nSPS) is 11.8. The van der Waals surface area contributed by atoms with Gasteiger partial charge in [-0.3, -0.25) is 0 Å². The highest BCUT2D eigenvalue weighted by Crippen LogP contribution is 2.26. The Morgan fingerprint density at radius 2 is 2.06 bits per heavy atom. The van der Waals surface area contributed by atoms with E-state index in [1.165, 1.54) is 37.2 Å². The molecule has 0 aliphatic rings. The van der Waals surface area contributed by atoms with Crippen LogP contribution in [-0.2, 0) is 10.0 Å². The van der Waals surface area contributed by atoms with Crippen molar-refractivity contribution in [3.63, 3.8) is 0 Å². The van der Waals surface area contributed by atoms with E-state index in [9.17, 15) is 17.2 Å². The number of nitrogens with two attached hydrogens (primary N) is 1. The summed E-state index contributed by atoms with van der Waals surface area (Å²) in [6, 6.07) is 3.96. The number of anilines is 2. The van der Waals surface area contributed by atoms with Crippen LogP contribution < -0.4 is 15.4 Å². The molecule has 0 spiro atoms. The monoisotopic (exact) mass is 279 g/mol. The zero-order valence-electron chi connectivity index (χ0n) is 10.0. The Hall–Kier alpha value is -1.41. The molecule has 0 aliphatic carbocycles. The molecule has 8 heteroatoms. The molecule has 5 nitrogen and oxygen atoms in total. The van der Waals surface area contributed by atoms with Gasteiger partial charge < -0.3 is 10.6 Å². The van der Waals surface area contributed by atoms with Crippen molar-refractivity contribution in [3.8, 4) is 0 Å². The third-order valence-corrected chi connectivity index (χ3v) is 3.82. The molecule has 0 fully saturated rings. The molecule has 102 valence electrons. The molecule has 0 saturated carbocycles. The average Bonchev–Trinajstić information content (AvgIpc) is 2.28. The first kappa shape index (κ1) is 14.7. The number of hydrogen-bond acceptors (Lipinski definition) is 4. The highest BCUT2D eigenvalue weighted by molar-refractivity contribution is 7.89. The van der Waals surface area contributed by atoms with Crippen LogP contribution in [0.3, 0.4) is 0 Å². The van der Waals surface area contributed by atoms with Crippen LogP contribution in [0.5, 0.6) is 0 Å². The summed E-state index contributed by atoms with van der Waals surface area (Å²) < 4.78 is 49.9. The topological polar surface area (TPSA) is 75.4 Å². The Morgan fingerprint density at radius 3 is 2.56 bits per heavy atom. The molecular formula is C10H15F2N3O2S. The van der Waals surface area contributed by atoms with Gasteiger partial charge in [-0.15, -0.1) is 0 Å². The van der Waals surface area contributed by atoms with E-state index in [-0.39, 0.29) is 16.3 Å². The quantitative estimate of drug-likeness (QED) is 0.785. The Labute approximate surface area is 105 Å². The zero-order chi connectivity index (χ0) is 13.9. The van der Waals surface area contributed by atoms with Crippen molar-refractivity contribution < 1.29 is 17.2 Å². The number of nitrogens with one attached hydrogen (secondary N) is 1. The van der Waals surface area contributed by atoms with E-state index in [1.54, 1.807) is 0 Å². The van der Waals surface area contributed by atoms with E-state index >= 15 is 0 Å². The van der Waals surface area contributed by atoms with Gasteiger partial charge in [-0.25, -0.2) is 21.9 Å². The molecule has 18 heavy (non-hydrogen) atoms. The number of alkyl halides is 2. The molecule has 0 aliphatic heterocycles. The first-order valence-corrected chi connectivity index (χ1v) is 6.58. The van der Waals surface area contributed by atoms with Crippen LogP contribution in [0.25, 0.3) is 0 Å². The predicted octanol–water partition coefficient (Wildman–Crippen LogP) is 0.878. The molecule has 0 unspecified atom stereocenters. The third-order valence-electron chi connectivity index (χ3n) is 2.40. The minimum Gasteiger partial charge on any atom is -0.397 e. The van der Waals surface area contributed by atoms with Crippen LogP contribution in [0.1, 0.15) is 0 Å². The highest BCUT2D eigenvalue weighted by Gasteiger charge is 2.16. The van der Waals surface area contributed by atoms with E-state index in [2.05, 4.69) is 4.72 Å². The standard InChI is InChI=1S/C10H15F2N3O2S/c1-14-18(16,17)7-3-4-8(13)9(5-7)15(2)6-10(11)12/h3-5,10,14H,6,13H2,1-2H3. The van der Waals surface area contributed by atoms with E-state index in [0.29, 0.717) is 0 Å². The lowest BCUT2D eigenvalue weighted by atomic mass is 10.2. The van der Waals surface area contributed by atoms with Crippen LogP contribution >= 0.6 is 0 Å². The minimum atomic E-state index is -3.62. The lowest BCUT2D eigenvalue weighted by Gasteiger charge is -2.21. The number of benzene rings is 1. The van der Waals surface area contributed by atoms with Crippen LogP contribution in [0, 0.1) is 0 Å². The summed E-state index contributed by atoms with van der Waals surface area (Å²) in [6.07, 6.45) is -2.53. The minimum absolute atomic E-state index is 0.0182. The van der Waals surface area contributed by atoms with Crippen LogP contribution in [0.4, 0.5) is 20.2 Å². The molecule has 3 N–H and O–H groups in total. The van der Waals surface area contributed by atoms with Gasteiger partial charge in [0.15, 0.2) is 0 Å². The number of nitrogen functional groups attached to an aromatic ring is 1. The molecule has 0 amide bonds. The fourth-order valence-electron chi connectivity index (χ4n) is 1.44. The molecular weight excluding hydrogens is 264 g/mol. The number of hydrogen-bond donors (Lipinski definition) is 2. The van der Waals surface area contributed by atoms with Crippen molar-refractivity contribution in [2.45, 2.75) is 11.3 Å². The lowest BCUT2D eigenvalue weighted by molar-refractivity contribution is 0.156. The first-order valence-electron chi connectivity index (χ1n) is 5.10. The van der Waals surface area contributed by atoms with Gasteiger partial charge in [-0.1, -0.05) is 0 Å². The molecule has 0 heterocycles. The van der Waals surface area contributed by atoms with E-state index in [1.807, 2.05) is 0 Å². The first-order chi connectivity index (χ1) is 8.27. The highest BCUT2D eigenvalue weighted by atomic mass is 32.2. The smallest absolute Gasteiger partial charge is 0.255 e. The van der Waals surface area contributed by atoms with Crippen molar-refractivity contribution in [2.24, 2.45) is 0 Å². The molecule has 0 atom stereocenters. The SMILES string of the molecule is CNS(=O)(=O)c1ccc(N)c(N(C)CC(F)F)c1. The lowest BCUT2D eigenvalue weighted by Crippen LogP contribution is -2.25. The van der Waals surface area contributed by atoms with Gasteiger partial charge in [0.1, 0.15) is 0 Å². The third kappa shape index (κ3) is 3.30. The van der Waals surface area contributed by atoms with Crippen LogP contribution in [-0.4, -0.2) is 35.5 Å². The summed E-state index contributed by atoms with van der Waals surface area (Å²) >= 11 is 0. The molecule has 1 aromatic rings. The summed E-state index contributed by atoms with van der Waals surface area (Å²) in [5, 5.41) is 0. The fraction of sp³-hybridized carbons (Fsp3) is 0.400. The fourth-order valence-corrected chi connectivity index (χ4v) is 2.19. The van der Waals surface area contributed by atoms with Crippen LogP contribution in [0.15, 0.2) is 23.1 Å². The summed E-state index contributed by atoms with van der Waals surface area (Å²) in [4.78, 5) is 1.20. The van der Waals surface area contributed by atoms with Gasteiger partial charge >= 0.3 is 0 Å². The van der Waals surface area contributed by atoms with Crippen LogP contribution in [0.2, 0.25) is 0 Å². The van der Waals surface area contributed by atoms with Gasteiger partial charge in [0.05, 0.1) is 22.8 Å². The number of rotatable bonds is 5. The summed E-state index contributed by atoms with van der Waals surface area (Å²) in [5.74, 6) is 0. The Morgan fingerprint density at radius 1 is 1.44 bits per heavy atom. The summed E-state index contributed by atoms with van der Waals surface area (Å²) in [6.45, 7) is -0.521. The summed E-state index contributed by atoms with van der Waals surface area (Å²) in [7, 11) is -0.923. The van der Waals surface area contributed by atoms with Crippen molar-refractivity contribution in [2.75, 3.05) is 31.3 Å². The largest absolute Gasteiger partial charge is 0.397 e. The second kappa shape index (κ2) is 5.49. The Balaban J connectivity index is 3.17. The average molecular weight is 279 g/mol. The second-order valence-electron chi connectivity index (χ2n) is 3.70. The van der Waals surface area contributed by atoms with Gasteiger partial charge in [-0.05, 0) is 25.2 Å². The maximum absolute atomic E-state index is 12.3. The van der Waals surface area contributed by atoms with Crippen molar-refractivity contribution in [1.29, 1.82) is 0 Å². The predicted molar refractivity (Wildman–Crippen MR) is 66.4 cm³/mol. The molecule has 0 radical (unpaired) electrons. The maximum atomic E-state index is 12.3. The van der Waals surface area contributed by atoms with Crippen molar-refractivity contribution in [3.05, 3.63) is 18.2 Å². The molecule has 0 saturated heterocycles. The van der Waals surface area contributed by atoms with E-state index in [0.717, 1.165) is 0 Å². The number of nitrogens with zero attached hydrogens (tertiary/aromatic N) is 1. The van der Waals surface area contributed by atoms with Crippen molar-refractivity contribution >= 4 is 21.4 Å².